The Bertz CT molecular complexity index is 539. The normalized spacial score (nSPS) is 12.9. The summed E-state index contributed by atoms with van der Waals surface area (Å²) in [5.74, 6) is 0.831. The van der Waals surface area contributed by atoms with E-state index in [-0.39, 0.29) is 29.5 Å². The molecule has 0 aromatic heterocycles. The van der Waals surface area contributed by atoms with Crippen LogP contribution in [0, 0.1) is 0 Å². The number of nitrogens with one attached hydrogen (secondary N) is 3. The van der Waals surface area contributed by atoms with Crippen LogP contribution in [0.5, 0.6) is 0 Å². The lowest BCUT2D eigenvalue weighted by Crippen LogP contribution is -2.55. The Labute approximate surface area is 194 Å². The Morgan fingerprint density at radius 1 is 1.07 bits per heavy atom. The summed E-state index contributed by atoms with van der Waals surface area (Å²) in [5, 5.41) is 10.7. The van der Waals surface area contributed by atoms with Gasteiger partial charge in [-0.25, -0.2) is 0 Å². The molecule has 0 bridgehead atoms. The summed E-state index contributed by atoms with van der Waals surface area (Å²) in [6, 6.07) is 10.9. The first-order chi connectivity index (χ1) is 13.6. The smallest absolute Gasteiger partial charge is 0.191 e. The molecule has 1 unspecified atom stereocenters. The van der Waals surface area contributed by atoms with Gasteiger partial charge in [-0.05, 0) is 31.7 Å². The molecular weight excluding hydrogens is 479 g/mol. The Morgan fingerprint density at radius 3 is 2.34 bits per heavy atom. The van der Waals surface area contributed by atoms with Crippen LogP contribution in [0.4, 0.5) is 0 Å². The van der Waals surface area contributed by atoms with Crippen LogP contribution in [0.1, 0.15) is 51.6 Å². The summed E-state index contributed by atoms with van der Waals surface area (Å²) in [5.41, 5.74) is 1.32. The number of nitrogens with zero attached hydrogens (tertiary/aromatic N) is 1. The topological polar surface area (TPSA) is 66.9 Å². The van der Waals surface area contributed by atoms with E-state index in [0.717, 1.165) is 44.9 Å². The lowest BCUT2D eigenvalue weighted by atomic mass is 9.90. The van der Waals surface area contributed by atoms with Gasteiger partial charge in [0.05, 0.1) is 13.2 Å². The first-order valence-electron chi connectivity index (χ1n) is 10.4. The van der Waals surface area contributed by atoms with Crippen molar-refractivity contribution in [2.75, 3.05) is 47.1 Å². The molecule has 6 nitrogen and oxygen atoms in total. The highest BCUT2D eigenvalue weighted by atomic mass is 127. The minimum absolute atomic E-state index is 0. The van der Waals surface area contributed by atoms with E-state index in [0.29, 0.717) is 19.3 Å². The van der Waals surface area contributed by atoms with Crippen LogP contribution in [0.25, 0.3) is 0 Å². The van der Waals surface area contributed by atoms with Gasteiger partial charge in [0, 0.05) is 45.4 Å². The average molecular weight is 520 g/mol. The molecular formula is C22H41IN4O2. The van der Waals surface area contributed by atoms with E-state index in [1.54, 1.807) is 7.11 Å². The Hall–Kier alpha value is -0.900. The minimum atomic E-state index is 0. The number of benzene rings is 1. The molecule has 1 aromatic rings. The van der Waals surface area contributed by atoms with Crippen molar-refractivity contribution in [3.05, 3.63) is 35.9 Å². The van der Waals surface area contributed by atoms with Crippen molar-refractivity contribution in [1.29, 1.82) is 0 Å². The number of hydrogen-bond donors (Lipinski definition) is 3. The van der Waals surface area contributed by atoms with Crippen LogP contribution in [-0.2, 0) is 9.47 Å². The number of rotatable bonds is 14. The lowest BCUT2D eigenvalue weighted by Gasteiger charge is -2.37. The number of hydrogen-bond acceptors (Lipinski definition) is 4. The molecule has 0 amide bonds. The lowest BCUT2D eigenvalue weighted by molar-refractivity contribution is 0.0698. The fraction of sp³-hybridized carbons (Fsp3) is 0.682. The molecule has 29 heavy (non-hydrogen) atoms. The molecule has 168 valence electrons. The molecule has 0 aliphatic rings. The molecule has 0 aliphatic heterocycles. The van der Waals surface area contributed by atoms with Gasteiger partial charge in [-0.1, -0.05) is 44.2 Å². The third-order valence-corrected chi connectivity index (χ3v) is 5.18. The molecule has 0 saturated heterocycles. The quantitative estimate of drug-likeness (QED) is 0.151. The van der Waals surface area contributed by atoms with E-state index < -0.39 is 0 Å². The number of aliphatic imine (C=N–C) groups is 1. The monoisotopic (exact) mass is 520 g/mol. The molecule has 1 atom stereocenters. The SMILES string of the molecule is CCC(CC)(CNC(=NC)NCCCOCCOC)NC(C)c1ccccc1.I. The second-order valence-electron chi connectivity index (χ2n) is 7.08. The van der Waals surface area contributed by atoms with Gasteiger partial charge in [-0.2, -0.15) is 0 Å². The molecule has 0 spiro atoms. The van der Waals surface area contributed by atoms with Crippen LogP contribution in [-0.4, -0.2) is 58.6 Å². The highest BCUT2D eigenvalue weighted by molar-refractivity contribution is 14.0. The van der Waals surface area contributed by atoms with Crippen molar-refractivity contribution < 1.29 is 9.47 Å². The predicted octanol–water partition coefficient (Wildman–Crippen LogP) is 3.73. The van der Waals surface area contributed by atoms with Gasteiger partial charge < -0.3 is 25.4 Å². The largest absolute Gasteiger partial charge is 0.382 e. The second kappa shape index (κ2) is 16.8. The van der Waals surface area contributed by atoms with E-state index in [4.69, 9.17) is 9.47 Å². The van der Waals surface area contributed by atoms with Crippen LogP contribution in [0.3, 0.4) is 0 Å². The van der Waals surface area contributed by atoms with E-state index in [9.17, 15) is 0 Å². The fourth-order valence-electron chi connectivity index (χ4n) is 3.14. The summed E-state index contributed by atoms with van der Waals surface area (Å²) in [4.78, 5) is 4.35. The maximum Gasteiger partial charge on any atom is 0.191 e. The maximum absolute atomic E-state index is 5.49. The molecule has 3 N–H and O–H groups in total. The number of ether oxygens (including phenoxy) is 2. The van der Waals surface area contributed by atoms with E-state index >= 15 is 0 Å². The van der Waals surface area contributed by atoms with Gasteiger partial charge in [0.15, 0.2) is 5.96 Å². The van der Waals surface area contributed by atoms with Crippen molar-refractivity contribution in [3.63, 3.8) is 0 Å². The molecule has 1 rings (SSSR count). The van der Waals surface area contributed by atoms with Crippen molar-refractivity contribution in [1.82, 2.24) is 16.0 Å². The van der Waals surface area contributed by atoms with Gasteiger partial charge in [-0.15, -0.1) is 24.0 Å². The standard InChI is InChI=1S/C22H40N4O2.HI/c1-6-22(7-2,26-19(3)20-12-9-8-10-13-20)18-25-21(23-4)24-14-11-15-28-17-16-27-5;/h8-10,12-13,19,26H,6-7,11,14-18H2,1-5H3,(H2,23,24,25);1H. The first kappa shape index (κ1) is 28.1. The van der Waals surface area contributed by atoms with E-state index in [1.165, 1.54) is 5.56 Å². The van der Waals surface area contributed by atoms with Crippen LogP contribution in [0.2, 0.25) is 0 Å². The average Bonchev–Trinajstić information content (AvgIpc) is 2.74. The molecule has 0 aliphatic carbocycles. The number of methoxy groups -OCH3 is 1. The molecule has 0 saturated carbocycles. The summed E-state index contributed by atoms with van der Waals surface area (Å²) in [6.07, 6.45) is 3.01. The molecule has 7 heteroatoms. The zero-order valence-corrected chi connectivity index (χ0v) is 21.1. The Kier molecular flexibility index (Phi) is 16.3. The van der Waals surface area contributed by atoms with E-state index in [1.807, 2.05) is 7.05 Å². The van der Waals surface area contributed by atoms with Crippen LogP contribution in [0.15, 0.2) is 35.3 Å². The van der Waals surface area contributed by atoms with E-state index in [2.05, 4.69) is 72.0 Å². The zero-order valence-electron chi connectivity index (χ0n) is 18.8. The predicted molar refractivity (Wildman–Crippen MR) is 133 cm³/mol. The molecule has 0 radical (unpaired) electrons. The maximum atomic E-state index is 5.49. The highest BCUT2D eigenvalue weighted by Gasteiger charge is 2.28. The van der Waals surface area contributed by atoms with Crippen molar-refractivity contribution >= 4 is 29.9 Å². The van der Waals surface area contributed by atoms with Gasteiger partial charge in [0.25, 0.3) is 0 Å². The molecule has 0 heterocycles. The van der Waals surface area contributed by atoms with Crippen molar-refractivity contribution in [3.8, 4) is 0 Å². The number of halogens is 1. The summed E-state index contributed by atoms with van der Waals surface area (Å²) >= 11 is 0. The van der Waals surface area contributed by atoms with Crippen LogP contribution < -0.4 is 16.0 Å². The first-order valence-corrected chi connectivity index (χ1v) is 10.4. The summed E-state index contributed by atoms with van der Waals surface area (Å²) in [7, 11) is 3.49. The Balaban J connectivity index is 0.00000784. The number of guanidine groups is 1. The molecule has 1 aromatic carbocycles. The Morgan fingerprint density at radius 2 is 1.76 bits per heavy atom. The van der Waals surface area contributed by atoms with Crippen LogP contribution >= 0.6 is 24.0 Å². The fourth-order valence-corrected chi connectivity index (χ4v) is 3.14. The zero-order chi connectivity index (χ0) is 20.7. The second-order valence-corrected chi connectivity index (χ2v) is 7.08. The minimum Gasteiger partial charge on any atom is -0.382 e. The van der Waals surface area contributed by atoms with Gasteiger partial charge in [0.1, 0.15) is 0 Å². The highest BCUT2D eigenvalue weighted by Crippen LogP contribution is 2.21. The third-order valence-electron chi connectivity index (χ3n) is 5.18. The molecule has 0 fully saturated rings. The summed E-state index contributed by atoms with van der Waals surface area (Å²) < 4.78 is 10.5. The van der Waals surface area contributed by atoms with Gasteiger partial charge >= 0.3 is 0 Å². The van der Waals surface area contributed by atoms with Gasteiger partial charge in [-0.3, -0.25) is 4.99 Å². The van der Waals surface area contributed by atoms with Crippen molar-refractivity contribution in [2.24, 2.45) is 4.99 Å². The third kappa shape index (κ3) is 11.2. The summed E-state index contributed by atoms with van der Waals surface area (Å²) in [6.45, 7) is 10.4. The van der Waals surface area contributed by atoms with Crippen molar-refractivity contribution in [2.45, 2.75) is 51.6 Å². The van der Waals surface area contributed by atoms with Gasteiger partial charge in [0.2, 0.25) is 0 Å².